The largest absolute Gasteiger partial charge is 0.335 e. The molecule has 0 aromatic heterocycles. The number of benzene rings is 2. The van der Waals surface area contributed by atoms with Gasteiger partial charge in [-0.2, -0.15) is 0 Å². The molecule has 30 heavy (non-hydrogen) atoms. The van der Waals surface area contributed by atoms with Crippen molar-refractivity contribution in [2.75, 3.05) is 0 Å². The lowest BCUT2D eigenvalue weighted by molar-refractivity contribution is -0.384. The average Bonchev–Trinajstić information content (AvgIpc) is 3.28. The molecule has 7 heteroatoms. The molecular weight excluding hydrogens is 384 g/mol. The minimum Gasteiger partial charge on any atom is -0.318 e. The molecule has 0 radical (unpaired) electrons. The lowest BCUT2D eigenvalue weighted by Gasteiger charge is -2.12. The summed E-state index contributed by atoms with van der Waals surface area (Å²) in [5.74, 6) is -0.755. The van der Waals surface area contributed by atoms with E-state index in [1.165, 1.54) is 6.07 Å². The van der Waals surface area contributed by atoms with E-state index in [4.69, 9.17) is 4.84 Å². The molecular formula is C23H24N2O5. The first kappa shape index (κ1) is 21.4. The fourth-order valence-electron chi connectivity index (χ4n) is 3.68. The van der Waals surface area contributed by atoms with Gasteiger partial charge in [-0.25, -0.2) is 4.79 Å². The van der Waals surface area contributed by atoms with E-state index in [0.717, 1.165) is 25.7 Å². The number of carbonyl (C=O) groups is 2. The molecule has 0 N–H and O–H groups in total. The summed E-state index contributed by atoms with van der Waals surface area (Å²) in [4.78, 5) is 40.6. The standard InChI is InChI=1S/C23H24N2O5/c1-2-7-21(26)30-24-22(17-8-3-4-9-17)23(27)18-14-12-16(13-15-18)19-10-5-6-11-20(19)25(28)29/h5-6,10-15,17H,2-4,7-9H2,1H3/b24-22-. The molecule has 0 bridgehead atoms. The van der Waals surface area contributed by atoms with Crippen LogP contribution < -0.4 is 0 Å². The maximum absolute atomic E-state index is 13.1. The summed E-state index contributed by atoms with van der Waals surface area (Å²) >= 11 is 0. The van der Waals surface area contributed by atoms with Gasteiger partial charge in [-0.05, 0) is 30.9 Å². The highest BCUT2D eigenvalue weighted by Gasteiger charge is 2.28. The highest BCUT2D eigenvalue weighted by molar-refractivity contribution is 6.46. The van der Waals surface area contributed by atoms with Crippen molar-refractivity contribution in [1.82, 2.24) is 0 Å². The lowest BCUT2D eigenvalue weighted by atomic mass is 9.93. The second kappa shape index (κ2) is 9.91. The number of carbonyl (C=O) groups excluding carboxylic acids is 2. The Kier molecular flexibility index (Phi) is 7.06. The van der Waals surface area contributed by atoms with Crippen LogP contribution in [0.3, 0.4) is 0 Å². The number of nitrogens with zero attached hydrogens (tertiary/aromatic N) is 2. The van der Waals surface area contributed by atoms with E-state index in [0.29, 0.717) is 23.1 Å². The minimum absolute atomic E-state index is 0.00706. The van der Waals surface area contributed by atoms with Gasteiger partial charge in [-0.1, -0.05) is 61.3 Å². The van der Waals surface area contributed by atoms with Gasteiger partial charge in [0.25, 0.3) is 5.69 Å². The molecule has 0 saturated heterocycles. The lowest BCUT2D eigenvalue weighted by Crippen LogP contribution is -2.23. The third-order valence-corrected chi connectivity index (χ3v) is 5.23. The van der Waals surface area contributed by atoms with Crippen molar-refractivity contribution in [2.24, 2.45) is 11.1 Å². The molecule has 0 aliphatic heterocycles. The first-order valence-corrected chi connectivity index (χ1v) is 10.2. The van der Waals surface area contributed by atoms with Gasteiger partial charge < -0.3 is 4.84 Å². The molecule has 7 nitrogen and oxygen atoms in total. The summed E-state index contributed by atoms with van der Waals surface area (Å²) < 4.78 is 0. The van der Waals surface area contributed by atoms with Crippen LogP contribution in [-0.2, 0) is 9.63 Å². The zero-order valence-corrected chi connectivity index (χ0v) is 16.9. The van der Waals surface area contributed by atoms with Gasteiger partial charge >= 0.3 is 5.97 Å². The van der Waals surface area contributed by atoms with Crippen molar-refractivity contribution in [3.05, 3.63) is 64.2 Å². The van der Waals surface area contributed by atoms with Crippen LogP contribution >= 0.6 is 0 Å². The van der Waals surface area contributed by atoms with E-state index in [9.17, 15) is 19.7 Å². The van der Waals surface area contributed by atoms with Crippen molar-refractivity contribution in [2.45, 2.75) is 45.4 Å². The summed E-state index contributed by atoms with van der Waals surface area (Å²) in [5, 5.41) is 15.2. The molecule has 1 aliphatic carbocycles. The smallest absolute Gasteiger partial charge is 0.318 e. The van der Waals surface area contributed by atoms with Crippen LogP contribution in [0.5, 0.6) is 0 Å². The normalized spacial score (nSPS) is 14.5. The monoisotopic (exact) mass is 408 g/mol. The van der Waals surface area contributed by atoms with Crippen molar-refractivity contribution in [3.63, 3.8) is 0 Å². The molecule has 1 saturated carbocycles. The number of ketones is 1. The third-order valence-electron chi connectivity index (χ3n) is 5.23. The quantitative estimate of drug-likeness (QED) is 0.193. The Morgan fingerprint density at radius 3 is 2.40 bits per heavy atom. The fraction of sp³-hybridized carbons (Fsp3) is 0.348. The maximum atomic E-state index is 13.1. The van der Waals surface area contributed by atoms with E-state index < -0.39 is 10.9 Å². The molecule has 156 valence electrons. The number of nitro benzene ring substituents is 1. The van der Waals surface area contributed by atoms with E-state index in [-0.39, 0.29) is 29.5 Å². The number of hydrogen-bond acceptors (Lipinski definition) is 6. The minimum atomic E-state index is -0.451. The summed E-state index contributed by atoms with van der Waals surface area (Å²) in [7, 11) is 0. The molecule has 0 atom stereocenters. The van der Waals surface area contributed by atoms with Crippen LogP contribution in [0.1, 0.15) is 55.8 Å². The Hall–Kier alpha value is -3.35. The number of Topliss-reactive ketones (excluding diaryl/α,β-unsaturated/α-hetero) is 1. The summed E-state index contributed by atoms with van der Waals surface area (Å²) in [6.07, 6.45) is 4.59. The third kappa shape index (κ3) is 4.97. The molecule has 0 heterocycles. The van der Waals surface area contributed by atoms with Crippen molar-refractivity contribution in [1.29, 1.82) is 0 Å². The van der Waals surface area contributed by atoms with Crippen LogP contribution in [0.15, 0.2) is 53.7 Å². The van der Waals surface area contributed by atoms with Crippen LogP contribution in [0, 0.1) is 16.0 Å². The Labute approximate surface area is 174 Å². The second-order valence-corrected chi connectivity index (χ2v) is 7.35. The van der Waals surface area contributed by atoms with Gasteiger partial charge in [0, 0.05) is 24.0 Å². The zero-order valence-electron chi connectivity index (χ0n) is 16.9. The Bertz CT molecular complexity index is 960. The van der Waals surface area contributed by atoms with Crippen molar-refractivity contribution < 1.29 is 19.3 Å². The van der Waals surface area contributed by atoms with E-state index >= 15 is 0 Å². The molecule has 0 unspecified atom stereocenters. The number of hydrogen-bond donors (Lipinski definition) is 0. The second-order valence-electron chi connectivity index (χ2n) is 7.35. The number of para-hydroxylation sites is 1. The highest BCUT2D eigenvalue weighted by Crippen LogP contribution is 2.31. The van der Waals surface area contributed by atoms with Gasteiger partial charge in [-0.3, -0.25) is 14.9 Å². The number of nitro groups is 1. The van der Waals surface area contributed by atoms with Crippen LogP contribution in [-0.4, -0.2) is 22.4 Å². The zero-order chi connectivity index (χ0) is 21.5. The molecule has 0 spiro atoms. The molecule has 3 rings (SSSR count). The van der Waals surface area contributed by atoms with E-state index in [1.54, 1.807) is 42.5 Å². The van der Waals surface area contributed by atoms with Crippen molar-refractivity contribution in [3.8, 4) is 11.1 Å². The average molecular weight is 408 g/mol. The van der Waals surface area contributed by atoms with Crippen molar-refractivity contribution >= 4 is 23.2 Å². The van der Waals surface area contributed by atoms with Gasteiger partial charge in [0.1, 0.15) is 5.71 Å². The first-order chi connectivity index (χ1) is 14.5. The first-order valence-electron chi connectivity index (χ1n) is 10.2. The van der Waals surface area contributed by atoms with Gasteiger partial charge in [-0.15, -0.1) is 0 Å². The molecule has 1 fully saturated rings. The number of oxime groups is 1. The van der Waals surface area contributed by atoms with Gasteiger partial charge in [0.2, 0.25) is 5.78 Å². The van der Waals surface area contributed by atoms with Crippen LogP contribution in [0.2, 0.25) is 0 Å². The predicted molar refractivity (Wildman–Crippen MR) is 113 cm³/mol. The topological polar surface area (TPSA) is 98.9 Å². The molecule has 2 aromatic rings. The van der Waals surface area contributed by atoms with E-state index in [2.05, 4.69) is 5.16 Å². The van der Waals surface area contributed by atoms with Crippen LogP contribution in [0.25, 0.3) is 11.1 Å². The Balaban J connectivity index is 1.86. The summed E-state index contributed by atoms with van der Waals surface area (Å²) in [6, 6.07) is 13.1. The molecule has 2 aromatic carbocycles. The Morgan fingerprint density at radius 1 is 1.10 bits per heavy atom. The van der Waals surface area contributed by atoms with E-state index in [1.807, 2.05) is 6.92 Å². The highest BCUT2D eigenvalue weighted by atomic mass is 16.7. The fourth-order valence-corrected chi connectivity index (χ4v) is 3.68. The Morgan fingerprint density at radius 2 is 1.77 bits per heavy atom. The van der Waals surface area contributed by atoms with Gasteiger partial charge in [0.05, 0.1) is 10.5 Å². The predicted octanol–water partition coefficient (Wildman–Crippen LogP) is 5.33. The van der Waals surface area contributed by atoms with Crippen LogP contribution in [0.4, 0.5) is 5.69 Å². The molecule has 0 amide bonds. The summed E-state index contributed by atoms with van der Waals surface area (Å²) in [5.41, 5.74) is 1.82. The summed E-state index contributed by atoms with van der Waals surface area (Å²) in [6.45, 7) is 1.87. The van der Waals surface area contributed by atoms with Gasteiger partial charge in [0.15, 0.2) is 0 Å². The molecule has 1 aliphatic rings. The maximum Gasteiger partial charge on any atom is 0.335 e. The number of rotatable bonds is 8. The SMILES string of the molecule is CCCC(=O)O/N=C(\C(=O)c1ccc(-c2ccccc2[N+](=O)[O-])cc1)C1CCCC1.